The maximum atomic E-state index is 13.1. The Morgan fingerprint density at radius 2 is 1.47 bits per heavy atom. The van der Waals surface area contributed by atoms with Crippen molar-refractivity contribution >= 4 is 11.9 Å². The van der Waals surface area contributed by atoms with Gasteiger partial charge < -0.3 is 10.1 Å². The maximum Gasteiger partial charge on any atom is 0.408 e. The van der Waals surface area contributed by atoms with E-state index in [1.807, 2.05) is 72.8 Å². The fourth-order valence-electron chi connectivity index (χ4n) is 4.00. The van der Waals surface area contributed by atoms with Gasteiger partial charge in [0, 0.05) is 6.42 Å². The molecule has 4 rings (SSSR count). The largest absolute Gasteiger partial charge is 0.445 e. The highest BCUT2D eigenvalue weighted by Crippen LogP contribution is 2.46. The van der Waals surface area contributed by atoms with Crippen LogP contribution < -0.4 is 5.32 Å². The summed E-state index contributed by atoms with van der Waals surface area (Å²) in [4.78, 5) is 25.6. The lowest BCUT2D eigenvalue weighted by Gasteiger charge is -2.18. The smallest absolute Gasteiger partial charge is 0.408 e. The third kappa shape index (κ3) is 6.07. The monoisotopic (exact) mass is 427 g/mol. The number of ketones is 1. The Balaban J connectivity index is 1.39. The summed E-state index contributed by atoms with van der Waals surface area (Å²) < 4.78 is 5.35. The summed E-state index contributed by atoms with van der Waals surface area (Å²) in [6, 6.07) is 26.9. The minimum Gasteiger partial charge on any atom is -0.445 e. The molecule has 4 heteroatoms. The highest BCUT2D eigenvalue weighted by molar-refractivity contribution is 5.89. The Morgan fingerprint density at radius 1 is 0.875 bits per heavy atom. The fourth-order valence-corrected chi connectivity index (χ4v) is 4.00. The maximum absolute atomic E-state index is 13.1. The van der Waals surface area contributed by atoms with Crippen LogP contribution >= 0.6 is 0 Å². The van der Waals surface area contributed by atoms with Gasteiger partial charge in [-0.1, -0.05) is 91.9 Å². The molecule has 32 heavy (non-hydrogen) atoms. The number of ether oxygens (including phenoxy) is 1. The number of Topliss-reactive ketones (excluding diaryl/α,β-unsaturated/α-hetero) is 1. The number of carbonyl (C=O) groups excluding carboxylic acids is 2. The van der Waals surface area contributed by atoms with Crippen molar-refractivity contribution in [1.82, 2.24) is 5.32 Å². The Morgan fingerprint density at radius 3 is 2.06 bits per heavy atom. The summed E-state index contributed by atoms with van der Waals surface area (Å²) in [5.41, 5.74) is 4.20. The summed E-state index contributed by atoms with van der Waals surface area (Å²) >= 11 is 0. The highest BCUT2D eigenvalue weighted by Gasteiger charge is 2.33. The van der Waals surface area contributed by atoms with Crippen LogP contribution in [0.5, 0.6) is 0 Å². The van der Waals surface area contributed by atoms with E-state index in [1.165, 1.54) is 12.0 Å². The molecule has 3 atom stereocenters. The summed E-state index contributed by atoms with van der Waals surface area (Å²) in [5, 5.41) is 2.79. The number of benzene rings is 3. The molecule has 164 valence electrons. The van der Waals surface area contributed by atoms with E-state index in [9.17, 15) is 9.59 Å². The average molecular weight is 428 g/mol. The molecule has 3 unspecified atom stereocenters. The molecule has 0 bridgehead atoms. The molecule has 1 aliphatic rings. The molecule has 0 aliphatic heterocycles. The zero-order valence-corrected chi connectivity index (χ0v) is 18.4. The van der Waals surface area contributed by atoms with Crippen molar-refractivity contribution in [3.63, 3.8) is 0 Å². The SMILES string of the molecule is CC1CC1c1ccc(CC(=O)C(Cc2ccccc2)NC(=O)OCc2ccccc2)cc1. The minimum atomic E-state index is -0.649. The molecule has 1 aliphatic carbocycles. The Hall–Kier alpha value is -3.40. The number of carbonyl (C=O) groups is 2. The quantitative estimate of drug-likeness (QED) is 0.493. The van der Waals surface area contributed by atoms with Crippen LogP contribution in [0.2, 0.25) is 0 Å². The minimum absolute atomic E-state index is 0.0296. The summed E-state index contributed by atoms with van der Waals surface area (Å²) in [5.74, 6) is 1.38. The standard InChI is InChI=1S/C28H29NO3/c1-20-16-25(20)24-14-12-22(13-15-24)18-27(30)26(17-21-8-4-2-5-9-21)29-28(31)32-19-23-10-6-3-7-11-23/h2-15,20,25-26H,16-19H2,1H3,(H,29,31). The van der Waals surface area contributed by atoms with Gasteiger partial charge in [0.2, 0.25) is 0 Å². The van der Waals surface area contributed by atoms with Gasteiger partial charge in [-0.15, -0.1) is 0 Å². The molecule has 3 aromatic rings. The van der Waals surface area contributed by atoms with Gasteiger partial charge in [0.15, 0.2) is 5.78 Å². The molecule has 1 N–H and O–H groups in total. The third-order valence-electron chi connectivity index (χ3n) is 6.07. The topological polar surface area (TPSA) is 55.4 Å². The number of alkyl carbamates (subject to hydrolysis) is 1. The third-order valence-corrected chi connectivity index (χ3v) is 6.07. The van der Waals surface area contributed by atoms with Crippen LogP contribution in [-0.4, -0.2) is 17.9 Å². The van der Waals surface area contributed by atoms with Crippen molar-refractivity contribution in [2.45, 2.75) is 44.8 Å². The van der Waals surface area contributed by atoms with E-state index in [1.54, 1.807) is 0 Å². The van der Waals surface area contributed by atoms with Crippen molar-refractivity contribution in [1.29, 1.82) is 0 Å². The second-order valence-electron chi connectivity index (χ2n) is 8.65. The van der Waals surface area contributed by atoms with Crippen molar-refractivity contribution in [2.75, 3.05) is 0 Å². The predicted octanol–water partition coefficient (Wildman–Crippen LogP) is 5.46. The van der Waals surface area contributed by atoms with Crippen LogP contribution in [0, 0.1) is 5.92 Å². The van der Waals surface area contributed by atoms with E-state index >= 15 is 0 Å². The predicted molar refractivity (Wildman–Crippen MR) is 125 cm³/mol. The van der Waals surface area contributed by atoms with Crippen molar-refractivity contribution < 1.29 is 14.3 Å². The molecule has 0 saturated heterocycles. The molecule has 1 fully saturated rings. The van der Waals surface area contributed by atoms with Gasteiger partial charge in [0.25, 0.3) is 0 Å². The lowest BCUT2D eigenvalue weighted by Crippen LogP contribution is -2.43. The molecule has 1 saturated carbocycles. The number of rotatable bonds is 9. The second kappa shape index (κ2) is 10.3. The molecule has 1 amide bonds. The van der Waals surface area contributed by atoms with E-state index in [4.69, 9.17) is 4.74 Å². The Kier molecular flexibility index (Phi) is 7.00. The van der Waals surface area contributed by atoms with Gasteiger partial charge in [-0.2, -0.15) is 0 Å². The lowest BCUT2D eigenvalue weighted by molar-refractivity contribution is -0.120. The number of hydrogen-bond donors (Lipinski definition) is 1. The van der Waals surface area contributed by atoms with Crippen LogP contribution in [0.3, 0.4) is 0 Å². The van der Waals surface area contributed by atoms with E-state index in [2.05, 4.69) is 24.4 Å². The molecular formula is C28H29NO3. The zero-order valence-electron chi connectivity index (χ0n) is 18.4. The summed E-state index contributed by atoms with van der Waals surface area (Å²) in [7, 11) is 0. The molecule has 0 spiro atoms. The second-order valence-corrected chi connectivity index (χ2v) is 8.65. The normalized spacial score (nSPS) is 17.9. The van der Waals surface area contributed by atoms with Crippen LogP contribution in [0.4, 0.5) is 4.79 Å². The van der Waals surface area contributed by atoms with Crippen molar-refractivity contribution in [2.24, 2.45) is 5.92 Å². The Bertz CT molecular complexity index is 1030. The van der Waals surface area contributed by atoms with Gasteiger partial charge in [-0.25, -0.2) is 4.79 Å². The van der Waals surface area contributed by atoms with E-state index in [0.29, 0.717) is 12.3 Å². The van der Waals surface area contributed by atoms with Crippen LogP contribution in [0.1, 0.15) is 41.5 Å². The first-order valence-electron chi connectivity index (χ1n) is 11.2. The molecule has 4 nitrogen and oxygen atoms in total. The fraction of sp³-hybridized carbons (Fsp3) is 0.286. The molecule has 0 radical (unpaired) electrons. The van der Waals surface area contributed by atoms with Crippen molar-refractivity contribution in [3.8, 4) is 0 Å². The van der Waals surface area contributed by atoms with E-state index < -0.39 is 12.1 Å². The van der Waals surface area contributed by atoms with Crippen LogP contribution in [0.25, 0.3) is 0 Å². The zero-order chi connectivity index (χ0) is 22.3. The van der Waals surface area contributed by atoms with Gasteiger partial charge in [-0.05, 0) is 46.9 Å². The molecule has 3 aromatic carbocycles. The molecule has 0 heterocycles. The number of amides is 1. The summed E-state index contributed by atoms with van der Waals surface area (Å²) in [6.07, 6.45) is 1.36. The number of nitrogens with one attached hydrogen (secondary N) is 1. The lowest BCUT2D eigenvalue weighted by atomic mass is 9.97. The Labute approximate surface area is 189 Å². The first kappa shape index (κ1) is 21.8. The average Bonchev–Trinajstić information content (AvgIpc) is 3.55. The van der Waals surface area contributed by atoms with Gasteiger partial charge in [-0.3, -0.25) is 4.79 Å². The first-order valence-corrected chi connectivity index (χ1v) is 11.2. The van der Waals surface area contributed by atoms with Crippen LogP contribution in [0.15, 0.2) is 84.9 Å². The van der Waals surface area contributed by atoms with Crippen molar-refractivity contribution in [3.05, 3.63) is 107 Å². The van der Waals surface area contributed by atoms with Gasteiger partial charge in [0.05, 0.1) is 6.04 Å². The molecular weight excluding hydrogens is 398 g/mol. The highest BCUT2D eigenvalue weighted by atomic mass is 16.5. The van der Waals surface area contributed by atoms with E-state index in [-0.39, 0.29) is 18.8 Å². The first-order chi connectivity index (χ1) is 15.6. The molecule has 0 aromatic heterocycles. The van der Waals surface area contributed by atoms with Gasteiger partial charge in [0.1, 0.15) is 6.61 Å². The van der Waals surface area contributed by atoms with E-state index in [0.717, 1.165) is 22.6 Å². The van der Waals surface area contributed by atoms with Gasteiger partial charge >= 0.3 is 6.09 Å². The summed E-state index contributed by atoms with van der Waals surface area (Å²) in [6.45, 7) is 2.43. The van der Waals surface area contributed by atoms with Crippen LogP contribution in [-0.2, 0) is 29.0 Å². The number of hydrogen-bond acceptors (Lipinski definition) is 3.